The Morgan fingerprint density at radius 2 is 1.42 bits per heavy atom. The van der Waals surface area contributed by atoms with E-state index in [0.717, 1.165) is 11.3 Å². The Morgan fingerprint density at radius 1 is 0.742 bits per heavy atom. The molecule has 0 atom stereocenters. The lowest BCUT2D eigenvalue weighted by molar-refractivity contribution is -0.123. The van der Waals surface area contributed by atoms with Crippen LogP contribution in [-0.2, 0) is 4.79 Å². The van der Waals surface area contributed by atoms with Crippen LogP contribution < -0.4 is 25.1 Å². The molecule has 0 aromatic heterocycles. The van der Waals surface area contributed by atoms with Gasteiger partial charge in [-0.1, -0.05) is 42.5 Å². The van der Waals surface area contributed by atoms with Gasteiger partial charge in [0, 0.05) is 5.56 Å². The van der Waals surface area contributed by atoms with Crippen molar-refractivity contribution in [3.63, 3.8) is 0 Å². The molecule has 160 valence electrons. The highest BCUT2D eigenvalue weighted by Gasteiger charge is 2.09. The van der Waals surface area contributed by atoms with Crippen LogP contribution in [0.2, 0.25) is 0 Å². The molecule has 0 heterocycles. The minimum absolute atomic E-state index is 0.213. The first-order valence-electron chi connectivity index (χ1n) is 9.80. The Bertz CT molecular complexity index is 1010. The van der Waals surface area contributed by atoms with Gasteiger partial charge in [-0.2, -0.15) is 0 Å². The smallest absolute Gasteiger partial charge is 0.276 e. The first-order chi connectivity index (χ1) is 15.1. The molecule has 0 fully saturated rings. The molecule has 0 aliphatic carbocycles. The summed E-state index contributed by atoms with van der Waals surface area (Å²) in [6.45, 7) is 2.37. The van der Waals surface area contributed by atoms with Crippen molar-refractivity contribution in [1.29, 1.82) is 0 Å². The van der Waals surface area contributed by atoms with Crippen LogP contribution in [0.25, 0.3) is 0 Å². The van der Waals surface area contributed by atoms with Crippen LogP contribution in [0.4, 0.5) is 0 Å². The maximum atomic E-state index is 12.3. The van der Waals surface area contributed by atoms with Gasteiger partial charge in [-0.05, 0) is 48.9 Å². The van der Waals surface area contributed by atoms with Crippen LogP contribution in [0.3, 0.4) is 0 Å². The number of rotatable bonds is 9. The number of benzene rings is 3. The number of hydrogen-bond acceptors (Lipinski definition) is 5. The molecule has 0 saturated carbocycles. The number of ether oxygens (including phenoxy) is 3. The van der Waals surface area contributed by atoms with Crippen LogP contribution in [-0.4, -0.2) is 31.6 Å². The van der Waals surface area contributed by atoms with E-state index in [1.165, 1.54) is 0 Å². The van der Waals surface area contributed by atoms with E-state index in [9.17, 15) is 9.59 Å². The molecule has 3 aromatic rings. The predicted molar refractivity (Wildman–Crippen MR) is 116 cm³/mol. The van der Waals surface area contributed by atoms with Crippen LogP contribution in [0.1, 0.15) is 15.9 Å². The molecule has 0 unspecified atom stereocenters. The molecule has 0 bridgehead atoms. The average Bonchev–Trinajstić information content (AvgIpc) is 2.80. The normalized spacial score (nSPS) is 10.1. The van der Waals surface area contributed by atoms with Crippen molar-refractivity contribution in [1.82, 2.24) is 10.9 Å². The minimum Gasteiger partial charge on any atom is -0.490 e. The summed E-state index contributed by atoms with van der Waals surface area (Å²) < 4.78 is 16.6. The van der Waals surface area contributed by atoms with Crippen molar-refractivity contribution in [2.75, 3.05) is 19.8 Å². The standard InChI is InChI=1S/C24H24N2O5/c1-18-8-5-6-13-22(18)31-17-23(27)25-26-24(28)19-9-7-12-21(16-19)30-15-14-29-20-10-3-2-4-11-20/h2-13,16H,14-15,17H2,1H3,(H,25,27)(H,26,28). The molecule has 2 amide bonds. The zero-order chi connectivity index (χ0) is 21.9. The largest absolute Gasteiger partial charge is 0.490 e. The highest BCUT2D eigenvalue weighted by molar-refractivity contribution is 5.95. The summed E-state index contributed by atoms with van der Waals surface area (Å²) in [5.74, 6) is 0.974. The zero-order valence-corrected chi connectivity index (χ0v) is 17.2. The Kier molecular flexibility index (Phi) is 7.88. The second-order valence-electron chi connectivity index (χ2n) is 6.59. The van der Waals surface area contributed by atoms with Crippen molar-refractivity contribution >= 4 is 11.8 Å². The summed E-state index contributed by atoms with van der Waals surface area (Å²) in [5.41, 5.74) is 5.97. The number of nitrogens with one attached hydrogen (secondary N) is 2. The van der Waals surface area contributed by atoms with E-state index in [4.69, 9.17) is 14.2 Å². The van der Waals surface area contributed by atoms with E-state index in [0.29, 0.717) is 30.3 Å². The van der Waals surface area contributed by atoms with E-state index in [1.54, 1.807) is 30.3 Å². The second kappa shape index (κ2) is 11.3. The summed E-state index contributed by atoms with van der Waals surface area (Å²) in [6.07, 6.45) is 0. The Morgan fingerprint density at radius 3 is 2.19 bits per heavy atom. The van der Waals surface area contributed by atoms with Gasteiger partial charge in [-0.25, -0.2) is 0 Å². The van der Waals surface area contributed by atoms with Gasteiger partial charge < -0.3 is 14.2 Å². The monoisotopic (exact) mass is 420 g/mol. The highest BCUT2D eigenvalue weighted by Crippen LogP contribution is 2.16. The van der Waals surface area contributed by atoms with Gasteiger partial charge in [0.1, 0.15) is 30.5 Å². The first-order valence-corrected chi connectivity index (χ1v) is 9.80. The number of hydrogen-bond donors (Lipinski definition) is 2. The van der Waals surface area contributed by atoms with Gasteiger partial charge >= 0.3 is 0 Å². The third-order valence-corrected chi connectivity index (χ3v) is 4.23. The second-order valence-corrected chi connectivity index (χ2v) is 6.59. The first kappa shape index (κ1) is 21.7. The van der Waals surface area contributed by atoms with E-state index in [1.807, 2.05) is 55.5 Å². The maximum absolute atomic E-state index is 12.3. The Balaban J connectivity index is 1.40. The lowest BCUT2D eigenvalue weighted by Crippen LogP contribution is -2.43. The number of amides is 2. The highest BCUT2D eigenvalue weighted by atomic mass is 16.5. The van der Waals surface area contributed by atoms with Crippen LogP contribution in [0.5, 0.6) is 17.2 Å². The molecule has 0 aliphatic rings. The number of para-hydroxylation sites is 2. The lowest BCUT2D eigenvalue weighted by atomic mass is 10.2. The van der Waals surface area contributed by atoms with E-state index < -0.39 is 11.8 Å². The van der Waals surface area contributed by atoms with Gasteiger partial charge in [-0.3, -0.25) is 20.4 Å². The van der Waals surface area contributed by atoms with E-state index in [2.05, 4.69) is 10.9 Å². The number of aryl methyl sites for hydroxylation is 1. The van der Waals surface area contributed by atoms with Crippen molar-refractivity contribution in [2.24, 2.45) is 0 Å². The molecule has 0 spiro atoms. The SMILES string of the molecule is Cc1ccccc1OCC(=O)NNC(=O)c1cccc(OCCOc2ccccc2)c1. The van der Waals surface area contributed by atoms with Gasteiger partial charge in [0.05, 0.1) is 0 Å². The quantitative estimate of drug-likeness (QED) is 0.410. The Labute approximate surface area is 180 Å². The molecular formula is C24H24N2O5. The fraction of sp³-hybridized carbons (Fsp3) is 0.167. The topological polar surface area (TPSA) is 85.9 Å². The van der Waals surface area contributed by atoms with Gasteiger partial charge in [0.25, 0.3) is 11.8 Å². The fourth-order valence-electron chi connectivity index (χ4n) is 2.66. The van der Waals surface area contributed by atoms with Crippen LogP contribution in [0.15, 0.2) is 78.9 Å². The van der Waals surface area contributed by atoms with Gasteiger partial charge in [0.2, 0.25) is 0 Å². The molecule has 0 aliphatic heterocycles. The average molecular weight is 420 g/mol. The third-order valence-electron chi connectivity index (χ3n) is 4.23. The Hall–Kier alpha value is -4.00. The molecule has 3 aromatic carbocycles. The zero-order valence-electron chi connectivity index (χ0n) is 17.2. The summed E-state index contributed by atoms with van der Waals surface area (Å²) in [6, 6.07) is 23.5. The van der Waals surface area contributed by atoms with Gasteiger partial charge in [0.15, 0.2) is 6.61 Å². The van der Waals surface area contributed by atoms with Crippen LogP contribution in [0, 0.1) is 6.92 Å². The van der Waals surface area contributed by atoms with E-state index in [-0.39, 0.29) is 6.61 Å². The number of carbonyl (C=O) groups excluding carboxylic acids is 2. The number of carbonyl (C=O) groups is 2. The number of hydrazine groups is 1. The van der Waals surface area contributed by atoms with Crippen molar-refractivity contribution < 1.29 is 23.8 Å². The molecule has 31 heavy (non-hydrogen) atoms. The molecule has 2 N–H and O–H groups in total. The minimum atomic E-state index is -0.470. The summed E-state index contributed by atoms with van der Waals surface area (Å²) in [7, 11) is 0. The van der Waals surface area contributed by atoms with Crippen molar-refractivity contribution in [3.8, 4) is 17.2 Å². The molecule has 3 rings (SSSR count). The van der Waals surface area contributed by atoms with Gasteiger partial charge in [-0.15, -0.1) is 0 Å². The third kappa shape index (κ3) is 7.08. The summed E-state index contributed by atoms with van der Waals surface area (Å²) >= 11 is 0. The van der Waals surface area contributed by atoms with Crippen LogP contribution >= 0.6 is 0 Å². The summed E-state index contributed by atoms with van der Waals surface area (Å²) in [5, 5.41) is 0. The molecular weight excluding hydrogens is 396 g/mol. The van der Waals surface area contributed by atoms with Crippen molar-refractivity contribution in [3.05, 3.63) is 90.0 Å². The lowest BCUT2D eigenvalue weighted by Gasteiger charge is -2.11. The molecule has 0 radical (unpaired) electrons. The summed E-state index contributed by atoms with van der Waals surface area (Å²) in [4.78, 5) is 24.2. The predicted octanol–water partition coefficient (Wildman–Crippen LogP) is 3.29. The van der Waals surface area contributed by atoms with Crippen molar-refractivity contribution in [2.45, 2.75) is 6.92 Å². The molecule has 7 heteroatoms. The fourth-order valence-corrected chi connectivity index (χ4v) is 2.66. The maximum Gasteiger partial charge on any atom is 0.276 e. The molecule has 0 saturated heterocycles. The van der Waals surface area contributed by atoms with E-state index >= 15 is 0 Å². The molecule has 7 nitrogen and oxygen atoms in total.